The first kappa shape index (κ1) is 19.9. The molecule has 1 aromatic heterocycles. The van der Waals surface area contributed by atoms with Crippen molar-refractivity contribution in [2.24, 2.45) is 0 Å². The summed E-state index contributed by atoms with van der Waals surface area (Å²) >= 11 is 0. The first-order valence-corrected chi connectivity index (χ1v) is 9.76. The number of nitrogens with zero attached hydrogens (tertiary/aromatic N) is 3. The average molecular weight is 384 g/mol. The standard InChI is InChI=1S/C21H28N4O3/c1-5-28-21(27)24-10-8-17(9-11-24)22-20(26)19-13-16(4)25(23-19)18-7-6-14(2)15(3)12-18/h6-7,12-13,17H,5,8-11H2,1-4H3,(H,22,26). The Morgan fingerprint density at radius 1 is 1.14 bits per heavy atom. The maximum Gasteiger partial charge on any atom is 0.409 e. The van der Waals surface area contributed by atoms with Gasteiger partial charge in [-0.25, -0.2) is 9.48 Å². The largest absolute Gasteiger partial charge is 0.450 e. The van der Waals surface area contributed by atoms with Crippen molar-refractivity contribution >= 4 is 12.0 Å². The second kappa shape index (κ2) is 8.46. The molecule has 2 heterocycles. The van der Waals surface area contributed by atoms with Crippen LogP contribution in [-0.2, 0) is 4.74 Å². The number of benzene rings is 1. The number of aromatic nitrogens is 2. The average Bonchev–Trinajstić information content (AvgIpc) is 3.06. The van der Waals surface area contributed by atoms with E-state index in [0.717, 1.165) is 11.4 Å². The number of piperidine rings is 1. The molecule has 0 spiro atoms. The second-order valence-corrected chi connectivity index (χ2v) is 7.29. The van der Waals surface area contributed by atoms with E-state index in [-0.39, 0.29) is 18.0 Å². The zero-order chi connectivity index (χ0) is 20.3. The van der Waals surface area contributed by atoms with E-state index in [1.54, 1.807) is 22.6 Å². The number of carbonyl (C=O) groups excluding carboxylic acids is 2. The molecule has 2 amide bonds. The highest BCUT2D eigenvalue weighted by Crippen LogP contribution is 2.17. The van der Waals surface area contributed by atoms with Gasteiger partial charge in [-0.2, -0.15) is 5.10 Å². The van der Waals surface area contributed by atoms with Gasteiger partial charge in [-0.1, -0.05) is 6.07 Å². The molecule has 0 aliphatic carbocycles. The molecule has 0 unspecified atom stereocenters. The topological polar surface area (TPSA) is 76.5 Å². The summed E-state index contributed by atoms with van der Waals surface area (Å²) in [7, 11) is 0. The quantitative estimate of drug-likeness (QED) is 0.879. The fourth-order valence-electron chi connectivity index (χ4n) is 3.38. The highest BCUT2D eigenvalue weighted by atomic mass is 16.6. The van der Waals surface area contributed by atoms with Crippen molar-refractivity contribution in [3.63, 3.8) is 0 Å². The number of carbonyl (C=O) groups is 2. The van der Waals surface area contributed by atoms with Crippen molar-refractivity contribution in [1.82, 2.24) is 20.0 Å². The summed E-state index contributed by atoms with van der Waals surface area (Å²) in [5.41, 5.74) is 4.67. The van der Waals surface area contributed by atoms with Crippen molar-refractivity contribution in [3.8, 4) is 5.69 Å². The highest BCUT2D eigenvalue weighted by molar-refractivity contribution is 5.92. The summed E-state index contributed by atoms with van der Waals surface area (Å²) < 4.78 is 6.82. The maximum atomic E-state index is 12.7. The number of aryl methyl sites for hydroxylation is 3. The Bertz CT molecular complexity index is 867. The predicted molar refractivity (Wildman–Crippen MR) is 107 cm³/mol. The van der Waals surface area contributed by atoms with Crippen LogP contribution in [0.15, 0.2) is 24.3 Å². The molecule has 1 fully saturated rings. The summed E-state index contributed by atoms with van der Waals surface area (Å²) in [5.74, 6) is -0.180. The van der Waals surface area contributed by atoms with E-state index in [1.165, 1.54) is 11.1 Å². The minimum Gasteiger partial charge on any atom is -0.450 e. The summed E-state index contributed by atoms with van der Waals surface area (Å²) in [6, 6.07) is 7.98. The van der Waals surface area contributed by atoms with Gasteiger partial charge >= 0.3 is 6.09 Å². The fourth-order valence-corrected chi connectivity index (χ4v) is 3.38. The molecule has 7 nitrogen and oxygen atoms in total. The fraction of sp³-hybridized carbons (Fsp3) is 0.476. The van der Waals surface area contributed by atoms with Crippen molar-refractivity contribution in [2.45, 2.75) is 46.6 Å². The SMILES string of the molecule is CCOC(=O)N1CCC(NC(=O)c2cc(C)n(-c3ccc(C)c(C)c3)n2)CC1. The molecule has 150 valence electrons. The molecule has 1 aliphatic heterocycles. The number of amides is 2. The molecule has 2 aromatic rings. The van der Waals surface area contributed by atoms with Crippen LogP contribution in [0.2, 0.25) is 0 Å². The van der Waals surface area contributed by atoms with Gasteiger partial charge in [0.15, 0.2) is 5.69 Å². The van der Waals surface area contributed by atoms with Crippen LogP contribution >= 0.6 is 0 Å². The summed E-state index contributed by atoms with van der Waals surface area (Å²) in [6.45, 7) is 9.41. The van der Waals surface area contributed by atoms with Gasteiger partial charge in [-0.15, -0.1) is 0 Å². The van der Waals surface area contributed by atoms with Crippen molar-refractivity contribution in [2.75, 3.05) is 19.7 Å². The lowest BCUT2D eigenvalue weighted by Gasteiger charge is -2.31. The van der Waals surface area contributed by atoms with Gasteiger partial charge in [0, 0.05) is 24.8 Å². The van der Waals surface area contributed by atoms with Crippen LogP contribution in [0.5, 0.6) is 0 Å². The Morgan fingerprint density at radius 3 is 2.50 bits per heavy atom. The van der Waals surface area contributed by atoms with E-state index >= 15 is 0 Å². The number of rotatable bonds is 4. The van der Waals surface area contributed by atoms with Gasteiger partial charge in [0.25, 0.3) is 5.91 Å². The molecule has 7 heteroatoms. The molecule has 0 radical (unpaired) electrons. The lowest BCUT2D eigenvalue weighted by Crippen LogP contribution is -2.46. The highest BCUT2D eigenvalue weighted by Gasteiger charge is 2.25. The van der Waals surface area contributed by atoms with Crippen molar-refractivity contribution in [1.29, 1.82) is 0 Å². The summed E-state index contributed by atoms with van der Waals surface area (Å²) in [5, 5.41) is 7.55. The zero-order valence-electron chi connectivity index (χ0n) is 17.0. The third kappa shape index (κ3) is 4.35. The Hall–Kier alpha value is -2.83. The van der Waals surface area contributed by atoms with E-state index in [9.17, 15) is 9.59 Å². The van der Waals surface area contributed by atoms with E-state index in [2.05, 4.69) is 36.4 Å². The monoisotopic (exact) mass is 384 g/mol. The molecular weight excluding hydrogens is 356 g/mol. The van der Waals surface area contributed by atoms with Crippen molar-refractivity contribution < 1.29 is 14.3 Å². The Morgan fingerprint density at radius 2 is 1.86 bits per heavy atom. The molecule has 0 saturated carbocycles. The normalized spacial score (nSPS) is 14.8. The van der Waals surface area contributed by atoms with Gasteiger partial charge in [0.2, 0.25) is 0 Å². The Labute approximate surface area is 165 Å². The lowest BCUT2D eigenvalue weighted by molar-refractivity contribution is 0.0856. The van der Waals surface area contributed by atoms with Crippen LogP contribution < -0.4 is 5.32 Å². The number of hydrogen-bond donors (Lipinski definition) is 1. The van der Waals surface area contributed by atoms with Crippen LogP contribution in [-0.4, -0.2) is 52.4 Å². The van der Waals surface area contributed by atoms with Crippen LogP contribution in [0.1, 0.15) is 47.1 Å². The molecular formula is C21H28N4O3. The summed E-state index contributed by atoms with van der Waals surface area (Å²) in [4.78, 5) is 26.1. The molecule has 0 bridgehead atoms. The number of ether oxygens (including phenoxy) is 1. The minimum atomic E-state index is -0.282. The predicted octanol–water partition coefficient (Wildman–Crippen LogP) is 3.15. The Kier molecular flexibility index (Phi) is 6.02. The Balaban J connectivity index is 1.63. The van der Waals surface area contributed by atoms with Crippen LogP contribution in [0.3, 0.4) is 0 Å². The third-order valence-electron chi connectivity index (χ3n) is 5.21. The first-order valence-electron chi connectivity index (χ1n) is 9.76. The van der Waals surface area contributed by atoms with Crippen LogP contribution in [0, 0.1) is 20.8 Å². The van der Waals surface area contributed by atoms with E-state index in [0.29, 0.717) is 38.2 Å². The molecule has 28 heavy (non-hydrogen) atoms. The third-order valence-corrected chi connectivity index (χ3v) is 5.21. The van der Waals surface area contributed by atoms with Gasteiger partial charge in [-0.3, -0.25) is 4.79 Å². The molecule has 1 aliphatic rings. The molecule has 1 N–H and O–H groups in total. The smallest absolute Gasteiger partial charge is 0.409 e. The second-order valence-electron chi connectivity index (χ2n) is 7.29. The van der Waals surface area contributed by atoms with Crippen LogP contribution in [0.25, 0.3) is 5.69 Å². The van der Waals surface area contributed by atoms with E-state index in [1.807, 2.05) is 13.0 Å². The lowest BCUT2D eigenvalue weighted by atomic mass is 10.1. The molecule has 0 atom stereocenters. The number of nitrogens with one attached hydrogen (secondary N) is 1. The number of hydrogen-bond acceptors (Lipinski definition) is 4. The zero-order valence-corrected chi connectivity index (χ0v) is 17.0. The van der Waals surface area contributed by atoms with Gasteiger partial charge in [-0.05, 0) is 69.9 Å². The molecule has 1 saturated heterocycles. The van der Waals surface area contributed by atoms with Crippen LogP contribution in [0.4, 0.5) is 4.79 Å². The van der Waals surface area contributed by atoms with Gasteiger partial charge in [0.1, 0.15) is 0 Å². The molecule has 3 rings (SSSR count). The van der Waals surface area contributed by atoms with Gasteiger partial charge in [0.05, 0.1) is 12.3 Å². The first-order chi connectivity index (χ1) is 13.4. The van der Waals surface area contributed by atoms with E-state index < -0.39 is 0 Å². The van der Waals surface area contributed by atoms with Crippen molar-refractivity contribution in [3.05, 3.63) is 46.8 Å². The molecule has 1 aromatic carbocycles. The minimum absolute atomic E-state index is 0.0326. The van der Waals surface area contributed by atoms with Gasteiger partial charge < -0.3 is 15.0 Å². The van der Waals surface area contributed by atoms with E-state index in [4.69, 9.17) is 4.74 Å². The number of likely N-dealkylation sites (tertiary alicyclic amines) is 1. The maximum absolute atomic E-state index is 12.7. The summed E-state index contributed by atoms with van der Waals surface area (Å²) in [6.07, 6.45) is 1.14.